The minimum Gasteiger partial charge on any atom is -0.455 e. The van der Waals surface area contributed by atoms with Crippen LogP contribution in [0.1, 0.15) is 40.3 Å². The second-order valence-corrected chi connectivity index (χ2v) is 8.55. The lowest BCUT2D eigenvalue weighted by Crippen LogP contribution is -2.33. The Kier molecular flexibility index (Phi) is 6.12. The van der Waals surface area contributed by atoms with E-state index in [2.05, 4.69) is 40.5 Å². The Morgan fingerprint density at radius 2 is 1.75 bits per heavy atom. The minimum absolute atomic E-state index is 0.213. The highest BCUT2D eigenvalue weighted by atomic mass is 16.7. The number of ether oxygens (including phenoxy) is 2. The number of likely N-dealkylation sites (tertiary alicyclic amines) is 1. The molecule has 1 fully saturated rings. The number of piperidine rings is 1. The third-order valence-electron chi connectivity index (χ3n) is 6.23. The van der Waals surface area contributed by atoms with Crippen LogP contribution in [0.4, 0.5) is 0 Å². The molecule has 32 heavy (non-hydrogen) atoms. The summed E-state index contributed by atoms with van der Waals surface area (Å²) >= 11 is 0. The molecular formula is C26H28N2O4. The maximum atomic E-state index is 12.5. The van der Waals surface area contributed by atoms with Crippen LogP contribution < -0.4 is 14.8 Å². The summed E-state index contributed by atoms with van der Waals surface area (Å²) < 4.78 is 16.5. The van der Waals surface area contributed by atoms with Crippen LogP contribution in [0.5, 0.6) is 11.5 Å². The predicted molar refractivity (Wildman–Crippen MR) is 121 cm³/mol. The highest BCUT2D eigenvalue weighted by Gasteiger charge is 2.21. The third-order valence-corrected chi connectivity index (χ3v) is 6.23. The van der Waals surface area contributed by atoms with Crippen LogP contribution in [0.15, 0.2) is 65.1 Å². The number of furan rings is 1. The summed E-state index contributed by atoms with van der Waals surface area (Å²) in [7, 11) is 0. The fraction of sp³-hybridized carbons (Fsp3) is 0.346. The average Bonchev–Trinajstić information content (AvgIpc) is 3.49. The van der Waals surface area contributed by atoms with Crippen LogP contribution in [0.2, 0.25) is 0 Å². The van der Waals surface area contributed by atoms with Crippen molar-refractivity contribution < 1.29 is 18.7 Å². The Morgan fingerprint density at radius 1 is 0.938 bits per heavy atom. The molecule has 0 spiro atoms. The smallest absolute Gasteiger partial charge is 0.287 e. The van der Waals surface area contributed by atoms with E-state index in [1.807, 2.05) is 24.3 Å². The zero-order valence-electron chi connectivity index (χ0n) is 18.1. The van der Waals surface area contributed by atoms with Crippen LogP contribution >= 0.6 is 0 Å². The Balaban J connectivity index is 1.08. The van der Waals surface area contributed by atoms with Gasteiger partial charge >= 0.3 is 0 Å². The molecule has 5 rings (SSSR count). The lowest BCUT2D eigenvalue weighted by atomic mass is 9.90. The van der Waals surface area contributed by atoms with Crippen LogP contribution in [0.3, 0.4) is 0 Å². The van der Waals surface area contributed by atoms with E-state index in [1.54, 1.807) is 6.07 Å². The largest absolute Gasteiger partial charge is 0.455 e. The zero-order valence-corrected chi connectivity index (χ0v) is 18.1. The van der Waals surface area contributed by atoms with Gasteiger partial charge in [-0.3, -0.25) is 9.69 Å². The summed E-state index contributed by atoms with van der Waals surface area (Å²) in [5, 5.41) is 2.91. The summed E-state index contributed by atoms with van der Waals surface area (Å²) in [6, 6.07) is 20.1. The van der Waals surface area contributed by atoms with Gasteiger partial charge in [0.2, 0.25) is 6.79 Å². The molecule has 3 heterocycles. The molecule has 1 aromatic heterocycles. The van der Waals surface area contributed by atoms with E-state index in [9.17, 15) is 4.79 Å². The number of rotatable bonds is 7. The lowest BCUT2D eigenvalue weighted by molar-refractivity contribution is 0.0917. The van der Waals surface area contributed by atoms with E-state index in [0.717, 1.165) is 49.0 Å². The van der Waals surface area contributed by atoms with Gasteiger partial charge < -0.3 is 19.2 Å². The van der Waals surface area contributed by atoms with Crippen molar-refractivity contribution in [2.45, 2.75) is 32.4 Å². The van der Waals surface area contributed by atoms with Gasteiger partial charge in [-0.15, -0.1) is 0 Å². The van der Waals surface area contributed by atoms with E-state index in [0.29, 0.717) is 18.1 Å². The van der Waals surface area contributed by atoms with Crippen molar-refractivity contribution in [3.8, 4) is 11.5 Å². The molecule has 2 aromatic carbocycles. The molecule has 1 amide bonds. The molecule has 3 aromatic rings. The first kappa shape index (κ1) is 20.6. The van der Waals surface area contributed by atoms with Crippen molar-refractivity contribution in [2.24, 2.45) is 5.92 Å². The van der Waals surface area contributed by atoms with Crippen molar-refractivity contribution in [2.75, 3.05) is 19.9 Å². The molecule has 0 aliphatic carbocycles. The van der Waals surface area contributed by atoms with Gasteiger partial charge in [-0.25, -0.2) is 0 Å². The molecule has 6 heteroatoms. The fourth-order valence-corrected chi connectivity index (χ4v) is 4.42. The van der Waals surface area contributed by atoms with Crippen LogP contribution in [-0.4, -0.2) is 30.7 Å². The molecule has 2 aliphatic rings. The van der Waals surface area contributed by atoms with Crippen molar-refractivity contribution in [1.82, 2.24) is 10.2 Å². The number of nitrogens with one attached hydrogen (secondary N) is 1. The molecule has 166 valence electrons. The third kappa shape index (κ3) is 4.97. The molecule has 1 N–H and O–H groups in total. The Bertz CT molecular complexity index is 1050. The summed E-state index contributed by atoms with van der Waals surface area (Å²) in [6.07, 6.45) is 3.54. The first-order valence-electron chi connectivity index (χ1n) is 11.2. The Labute approximate surface area is 188 Å². The van der Waals surface area contributed by atoms with Gasteiger partial charge in [0.15, 0.2) is 17.3 Å². The topological polar surface area (TPSA) is 63.9 Å². The number of benzene rings is 2. The normalized spacial score (nSPS) is 16.2. The average molecular weight is 433 g/mol. The van der Waals surface area contributed by atoms with E-state index in [-0.39, 0.29) is 12.7 Å². The Hall–Kier alpha value is -3.25. The van der Waals surface area contributed by atoms with Crippen molar-refractivity contribution >= 4 is 5.91 Å². The van der Waals surface area contributed by atoms with E-state index >= 15 is 0 Å². The number of hydrogen-bond acceptors (Lipinski definition) is 5. The SMILES string of the molecule is O=C(NCc1ccc2c(c1)OCO2)c1ccc(CN2CCC(Cc3ccccc3)CC2)o1. The summed E-state index contributed by atoms with van der Waals surface area (Å²) in [5.74, 6) is 3.15. The zero-order chi connectivity index (χ0) is 21.8. The Morgan fingerprint density at radius 3 is 2.59 bits per heavy atom. The summed E-state index contributed by atoms with van der Waals surface area (Å²) in [5.41, 5.74) is 2.38. The van der Waals surface area contributed by atoms with Gasteiger partial charge in [-0.2, -0.15) is 0 Å². The van der Waals surface area contributed by atoms with Crippen LogP contribution in [0.25, 0.3) is 0 Å². The summed E-state index contributed by atoms with van der Waals surface area (Å²) in [4.78, 5) is 14.9. The molecule has 0 atom stereocenters. The van der Waals surface area contributed by atoms with Crippen LogP contribution in [0, 0.1) is 5.92 Å². The fourth-order valence-electron chi connectivity index (χ4n) is 4.42. The number of fused-ring (bicyclic) bond motifs is 1. The van der Waals surface area contributed by atoms with Crippen molar-refractivity contribution in [3.05, 3.63) is 83.3 Å². The standard InChI is InChI=1S/C26H28N2O4/c29-26(27-16-21-6-8-23-25(15-21)31-18-30-23)24-9-7-22(32-24)17-28-12-10-20(11-13-28)14-19-4-2-1-3-5-19/h1-9,15,20H,10-14,16-18H2,(H,27,29). The molecule has 0 radical (unpaired) electrons. The first-order chi connectivity index (χ1) is 15.7. The highest BCUT2D eigenvalue weighted by molar-refractivity contribution is 5.91. The second kappa shape index (κ2) is 9.49. The number of hydrogen-bond donors (Lipinski definition) is 1. The maximum Gasteiger partial charge on any atom is 0.287 e. The monoisotopic (exact) mass is 432 g/mol. The first-order valence-corrected chi connectivity index (χ1v) is 11.2. The van der Waals surface area contributed by atoms with E-state index in [1.165, 1.54) is 18.4 Å². The molecular weight excluding hydrogens is 404 g/mol. The number of carbonyl (C=O) groups excluding carboxylic acids is 1. The van der Waals surface area contributed by atoms with Crippen molar-refractivity contribution in [3.63, 3.8) is 0 Å². The van der Waals surface area contributed by atoms with E-state index < -0.39 is 0 Å². The van der Waals surface area contributed by atoms with Gasteiger partial charge in [0.1, 0.15) is 5.76 Å². The van der Waals surface area contributed by atoms with Crippen molar-refractivity contribution in [1.29, 1.82) is 0 Å². The maximum absolute atomic E-state index is 12.5. The minimum atomic E-state index is -0.213. The van der Waals surface area contributed by atoms with Gasteiger partial charge in [0, 0.05) is 6.54 Å². The number of carbonyl (C=O) groups is 1. The lowest BCUT2D eigenvalue weighted by Gasteiger charge is -2.31. The molecule has 6 nitrogen and oxygen atoms in total. The highest BCUT2D eigenvalue weighted by Crippen LogP contribution is 2.32. The molecule has 1 saturated heterocycles. The predicted octanol–water partition coefficient (Wildman–Crippen LogP) is 4.39. The van der Waals surface area contributed by atoms with Gasteiger partial charge in [0.25, 0.3) is 5.91 Å². The number of nitrogens with zero attached hydrogens (tertiary/aromatic N) is 1. The van der Waals surface area contributed by atoms with Crippen LogP contribution in [-0.2, 0) is 19.5 Å². The number of amides is 1. The molecule has 0 unspecified atom stereocenters. The molecule has 0 bridgehead atoms. The van der Waals surface area contributed by atoms with Gasteiger partial charge in [-0.05, 0) is 73.7 Å². The molecule has 2 aliphatic heterocycles. The quantitative estimate of drug-likeness (QED) is 0.600. The second-order valence-electron chi connectivity index (χ2n) is 8.55. The van der Waals surface area contributed by atoms with Gasteiger partial charge in [-0.1, -0.05) is 36.4 Å². The van der Waals surface area contributed by atoms with E-state index in [4.69, 9.17) is 13.9 Å². The van der Waals surface area contributed by atoms with Gasteiger partial charge in [0.05, 0.1) is 6.54 Å². The summed E-state index contributed by atoms with van der Waals surface area (Å²) in [6.45, 7) is 3.51. The molecule has 0 saturated carbocycles.